The van der Waals surface area contributed by atoms with E-state index in [0.717, 1.165) is 62.2 Å². The smallest absolute Gasteiger partial charge is 0.162 e. The molecule has 0 saturated carbocycles. The van der Waals surface area contributed by atoms with Crippen LogP contribution in [0.5, 0.6) is 23.0 Å². The monoisotopic (exact) mass is 464 g/mol. The van der Waals surface area contributed by atoms with Crippen molar-refractivity contribution in [2.24, 2.45) is 0 Å². The lowest BCUT2D eigenvalue weighted by atomic mass is 10.0. The molecule has 0 unspecified atom stereocenters. The van der Waals surface area contributed by atoms with Crippen molar-refractivity contribution in [1.29, 1.82) is 0 Å². The minimum Gasteiger partial charge on any atom is -0.493 e. The molecule has 1 fully saturated rings. The Morgan fingerprint density at radius 2 is 1.71 bits per heavy atom. The van der Waals surface area contributed by atoms with Crippen molar-refractivity contribution in [3.63, 3.8) is 0 Å². The fourth-order valence-electron chi connectivity index (χ4n) is 4.14. The minimum absolute atomic E-state index is 0.275. The first-order valence-corrected chi connectivity index (χ1v) is 11.8. The van der Waals surface area contributed by atoms with Crippen LogP contribution in [0.25, 0.3) is 10.9 Å². The number of nitrogens with zero attached hydrogens (tertiary/aromatic N) is 2. The number of benzene rings is 2. The SMILES string of the molecule is COc1cc2nccc(Oc3ccc(CC(=O)CCCCN4CCOCC4)cc3)c2cc1OC. The number of aromatic nitrogens is 1. The van der Waals surface area contributed by atoms with Crippen molar-refractivity contribution >= 4 is 16.7 Å². The molecular weight excluding hydrogens is 432 g/mol. The van der Waals surface area contributed by atoms with Gasteiger partial charge in [0.25, 0.3) is 0 Å². The second-order valence-electron chi connectivity index (χ2n) is 8.41. The molecule has 34 heavy (non-hydrogen) atoms. The third-order valence-corrected chi connectivity index (χ3v) is 6.04. The summed E-state index contributed by atoms with van der Waals surface area (Å²) >= 11 is 0. The second kappa shape index (κ2) is 11.8. The number of methoxy groups -OCH3 is 2. The van der Waals surface area contributed by atoms with E-state index < -0.39 is 0 Å². The lowest BCUT2D eigenvalue weighted by molar-refractivity contribution is -0.118. The quantitative estimate of drug-likeness (QED) is 0.382. The summed E-state index contributed by atoms with van der Waals surface area (Å²) in [6.07, 6.45) is 4.76. The average Bonchev–Trinajstić information content (AvgIpc) is 2.88. The summed E-state index contributed by atoms with van der Waals surface area (Å²) in [5.74, 6) is 2.89. The third-order valence-electron chi connectivity index (χ3n) is 6.04. The van der Waals surface area contributed by atoms with Crippen LogP contribution in [0, 0.1) is 0 Å². The Morgan fingerprint density at radius 3 is 2.44 bits per heavy atom. The van der Waals surface area contributed by atoms with E-state index >= 15 is 0 Å². The molecule has 0 spiro atoms. The maximum atomic E-state index is 12.4. The Balaban J connectivity index is 1.31. The van der Waals surface area contributed by atoms with Gasteiger partial charge in [-0.15, -0.1) is 0 Å². The number of rotatable bonds is 11. The predicted octanol–water partition coefficient (Wildman–Crippen LogP) is 4.66. The number of ether oxygens (including phenoxy) is 4. The number of pyridine rings is 1. The Labute approximate surface area is 200 Å². The molecule has 0 aliphatic carbocycles. The molecule has 0 atom stereocenters. The van der Waals surface area contributed by atoms with Crippen molar-refractivity contribution in [3.05, 3.63) is 54.2 Å². The molecule has 1 aliphatic rings. The highest BCUT2D eigenvalue weighted by Gasteiger charge is 2.12. The van der Waals surface area contributed by atoms with E-state index in [1.165, 1.54) is 0 Å². The predicted molar refractivity (Wildman–Crippen MR) is 131 cm³/mol. The first-order chi connectivity index (χ1) is 16.7. The van der Waals surface area contributed by atoms with Gasteiger partial charge in [-0.25, -0.2) is 0 Å². The van der Waals surface area contributed by atoms with E-state index in [1.54, 1.807) is 20.4 Å². The topological polar surface area (TPSA) is 70.1 Å². The van der Waals surface area contributed by atoms with Crippen LogP contribution in [-0.2, 0) is 16.0 Å². The van der Waals surface area contributed by atoms with Crippen molar-refractivity contribution in [3.8, 4) is 23.0 Å². The maximum Gasteiger partial charge on any atom is 0.162 e. The lowest BCUT2D eigenvalue weighted by Crippen LogP contribution is -2.36. The number of Topliss-reactive ketones (excluding diaryl/α,β-unsaturated/α-hetero) is 1. The highest BCUT2D eigenvalue weighted by atomic mass is 16.5. The van der Waals surface area contributed by atoms with Gasteiger partial charge in [0.05, 0.1) is 33.0 Å². The molecule has 2 aromatic carbocycles. The van der Waals surface area contributed by atoms with Gasteiger partial charge in [0.2, 0.25) is 0 Å². The van der Waals surface area contributed by atoms with E-state index in [4.69, 9.17) is 18.9 Å². The zero-order valence-corrected chi connectivity index (χ0v) is 19.9. The van der Waals surface area contributed by atoms with Crippen LogP contribution in [-0.4, -0.2) is 62.7 Å². The van der Waals surface area contributed by atoms with Crippen molar-refractivity contribution in [2.75, 3.05) is 47.1 Å². The highest BCUT2D eigenvalue weighted by Crippen LogP contribution is 2.36. The molecule has 0 radical (unpaired) electrons. The van der Waals surface area contributed by atoms with Crippen LogP contribution in [0.3, 0.4) is 0 Å². The van der Waals surface area contributed by atoms with E-state index in [0.29, 0.717) is 35.8 Å². The number of hydrogen-bond donors (Lipinski definition) is 0. The molecule has 3 aromatic rings. The van der Waals surface area contributed by atoms with Gasteiger partial charge in [-0.05, 0) is 49.2 Å². The molecule has 7 heteroatoms. The molecule has 1 saturated heterocycles. The summed E-state index contributed by atoms with van der Waals surface area (Å²) in [7, 11) is 3.20. The largest absolute Gasteiger partial charge is 0.493 e. The molecule has 4 rings (SSSR count). The maximum absolute atomic E-state index is 12.4. The van der Waals surface area contributed by atoms with Gasteiger partial charge in [-0.2, -0.15) is 0 Å². The average molecular weight is 465 g/mol. The summed E-state index contributed by atoms with van der Waals surface area (Å²) in [5.41, 5.74) is 1.75. The Hall–Kier alpha value is -3.16. The fourth-order valence-corrected chi connectivity index (χ4v) is 4.14. The molecule has 180 valence electrons. The van der Waals surface area contributed by atoms with Gasteiger partial charge in [-0.3, -0.25) is 14.7 Å². The number of ketones is 1. The summed E-state index contributed by atoms with van der Waals surface area (Å²) in [4.78, 5) is 19.2. The zero-order chi connectivity index (χ0) is 23.8. The summed E-state index contributed by atoms with van der Waals surface area (Å²) < 4.78 is 22.3. The second-order valence-corrected chi connectivity index (χ2v) is 8.41. The van der Waals surface area contributed by atoms with Crippen LogP contribution < -0.4 is 14.2 Å². The van der Waals surface area contributed by atoms with Gasteiger partial charge in [0.1, 0.15) is 17.3 Å². The first kappa shape index (κ1) is 24.0. The molecule has 7 nitrogen and oxygen atoms in total. The molecule has 0 amide bonds. The van der Waals surface area contributed by atoms with Gasteiger partial charge in [-0.1, -0.05) is 12.1 Å². The van der Waals surface area contributed by atoms with Gasteiger partial charge < -0.3 is 18.9 Å². The molecule has 1 aromatic heterocycles. The van der Waals surface area contributed by atoms with Crippen molar-refractivity contribution in [1.82, 2.24) is 9.88 Å². The summed E-state index contributed by atoms with van der Waals surface area (Å²) in [6, 6.07) is 13.2. The lowest BCUT2D eigenvalue weighted by Gasteiger charge is -2.26. The minimum atomic E-state index is 0.275. The third kappa shape index (κ3) is 6.24. The number of hydrogen-bond acceptors (Lipinski definition) is 7. The van der Waals surface area contributed by atoms with Gasteiger partial charge in [0, 0.05) is 43.6 Å². The molecule has 0 N–H and O–H groups in total. The number of fused-ring (bicyclic) bond motifs is 1. The standard InChI is InChI=1S/C27H32N2O5/c1-31-26-18-23-24(19-27(26)32-2)28-11-10-25(23)34-22-8-6-20(7-9-22)17-21(30)5-3-4-12-29-13-15-33-16-14-29/h6-11,18-19H,3-5,12-17H2,1-2H3. The molecule has 1 aliphatic heterocycles. The van der Waals surface area contributed by atoms with Crippen LogP contribution >= 0.6 is 0 Å². The first-order valence-electron chi connectivity index (χ1n) is 11.8. The van der Waals surface area contributed by atoms with Crippen LogP contribution in [0.2, 0.25) is 0 Å². The van der Waals surface area contributed by atoms with Gasteiger partial charge >= 0.3 is 0 Å². The van der Waals surface area contributed by atoms with E-state index in [9.17, 15) is 4.79 Å². The van der Waals surface area contributed by atoms with Crippen LogP contribution in [0.15, 0.2) is 48.7 Å². The number of carbonyl (C=O) groups is 1. The Morgan fingerprint density at radius 1 is 0.971 bits per heavy atom. The molecule has 0 bridgehead atoms. The molecule has 2 heterocycles. The van der Waals surface area contributed by atoms with Crippen LogP contribution in [0.4, 0.5) is 0 Å². The Bertz CT molecular complexity index is 1090. The normalized spacial score (nSPS) is 14.2. The summed E-state index contributed by atoms with van der Waals surface area (Å²) in [5, 5.41) is 0.830. The van der Waals surface area contributed by atoms with Crippen molar-refractivity contribution in [2.45, 2.75) is 25.7 Å². The number of unbranched alkanes of at least 4 members (excludes halogenated alkanes) is 1. The number of carbonyl (C=O) groups excluding carboxylic acids is 1. The fraction of sp³-hybridized carbons (Fsp3) is 0.407. The molecular formula is C27H32N2O5. The zero-order valence-electron chi connectivity index (χ0n) is 19.9. The van der Waals surface area contributed by atoms with E-state index in [-0.39, 0.29) is 5.78 Å². The highest BCUT2D eigenvalue weighted by molar-refractivity contribution is 5.88. The van der Waals surface area contributed by atoms with E-state index in [1.807, 2.05) is 42.5 Å². The number of morpholine rings is 1. The Kier molecular flexibility index (Phi) is 8.33. The summed E-state index contributed by atoms with van der Waals surface area (Å²) in [6.45, 7) is 4.68. The van der Waals surface area contributed by atoms with Gasteiger partial charge in [0.15, 0.2) is 11.5 Å². The van der Waals surface area contributed by atoms with Crippen molar-refractivity contribution < 1.29 is 23.7 Å². The van der Waals surface area contributed by atoms with Crippen LogP contribution in [0.1, 0.15) is 24.8 Å². The van der Waals surface area contributed by atoms with E-state index in [2.05, 4.69) is 9.88 Å².